The summed E-state index contributed by atoms with van der Waals surface area (Å²) in [6.45, 7) is 3.26. The average molecular weight is 265 g/mol. The fourth-order valence-corrected chi connectivity index (χ4v) is 1.85. The lowest BCUT2D eigenvalue weighted by atomic mass is 9.80. The first-order valence-electron chi connectivity index (χ1n) is 5.79. The first-order chi connectivity index (χ1) is 8.81. The van der Waals surface area contributed by atoms with Crippen molar-refractivity contribution in [3.05, 3.63) is 34.2 Å². The molecule has 0 fully saturated rings. The highest BCUT2D eigenvalue weighted by Gasteiger charge is 2.33. The largest absolute Gasteiger partial charge is 0.481 e. The Morgan fingerprint density at radius 1 is 1.37 bits per heavy atom. The van der Waals surface area contributed by atoms with Crippen LogP contribution in [-0.4, -0.2) is 16.9 Å². The second-order valence-corrected chi connectivity index (χ2v) is 4.96. The molecular weight excluding hydrogens is 248 g/mol. The maximum Gasteiger partial charge on any atom is 0.304 e. The molecule has 1 aromatic carbocycles. The first kappa shape index (κ1) is 15.0. The number of nitrogens with one attached hydrogen (secondary N) is 1. The minimum atomic E-state index is -1.06. The molecule has 0 unspecified atom stereocenters. The smallest absolute Gasteiger partial charge is 0.304 e. The van der Waals surface area contributed by atoms with Crippen LogP contribution in [0.5, 0.6) is 0 Å². The SMILES string of the molecule is CC(C)(CC(=O)O)C(=O)c1cc([NH+]=O)ccc1CN. The molecule has 0 aliphatic heterocycles. The maximum atomic E-state index is 12.4. The topological polar surface area (TPSA) is 111 Å². The van der Waals surface area contributed by atoms with E-state index in [9.17, 15) is 14.5 Å². The number of nitrogens with two attached hydrogens (primary N) is 1. The van der Waals surface area contributed by atoms with Crippen molar-refractivity contribution in [2.24, 2.45) is 11.1 Å². The van der Waals surface area contributed by atoms with Gasteiger partial charge in [0.25, 0.3) is 5.69 Å². The molecule has 0 aromatic heterocycles. The number of benzene rings is 1. The molecule has 0 atom stereocenters. The van der Waals surface area contributed by atoms with Crippen molar-refractivity contribution >= 4 is 17.4 Å². The van der Waals surface area contributed by atoms with Gasteiger partial charge in [-0.25, -0.2) is 0 Å². The summed E-state index contributed by atoms with van der Waals surface area (Å²) in [4.78, 5) is 33.8. The van der Waals surface area contributed by atoms with E-state index in [2.05, 4.69) is 0 Å². The number of Topliss-reactive ketones (excluding diaryl/α,β-unsaturated/α-hetero) is 1. The van der Waals surface area contributed by atoms with Crippen LogP contribution >= 0.6 is 0 Å². The van der Waals surface area contributed by atoms with Gasteiger partial charge in [-0.3, -0.25) is 9.59 Å². The monoisotopic (exact) mass is 265 g/mol. The predicted octanol–water partition coefficient (Wildman–Crippen LogP) is 0.307. The number of rotatable bonds is 6. The summed E-state index contributed by atoms with van der Waals surface area (Å²) in [5, 5.41) is 10.5. The fraction of sp³-hybridized carbons (Fsp3) is 0.385. The van der Waals surface area contributed by atoms with Crippen molar-refractivity contribution in [2.75, 3.05) is 0 Å². The zero-order valence-electron chi connectivity index (χ0n) is 10.9. The number of nitroso groups, excluding NO2 is 1. The minimum Gasteiger partial charge on any atom is -0.481 e. The number of hydrogen-bond donors (Lipinski definition) is 3. The molecule has 102 valence electrons. The van der Waals surface area contributed by atoms with Gasteiger partial charge in [0, 0.05) is 39.7 Å². The van der Waals surface area contributed by atoms with Crippen LogP contribution in [0.15, 0.2) is 18.2 Å². The molecule has 0 heterocycles. The van der Waals surface area contributed by atoms with Crippen LogP contribution in [0.25, 0.3) is 0 Å². The summed E-state index contributed by atoms with van der Waals surface area (Å²) in [6, 6.07) is 4.52. The highest BCUT2D eigenvalue weighted by molar-refractivity contribution is 6.03. The number of ketones is 1. The molecule has 0 amide bonds. The average Bonchev–Trinajstić information content (AvgIpc) is 2.35. The van der Waals surface area contributed by atoms with Crippen LogP contribution in [0, 0.1) is 10.3 Å². The molecule has 4 N–H and O–H groups in total. The molecular formula is C13H17N2O4+. The van der Waals surface area contributed by atoms with E-state index in [1.54, 1.807) is 25.1 Å². The summed E-state index contributed by atoms with van der Waals surface area (Å²) in [5.41, 5.74) is 5.61. The first-order valence-corrected chi connectivity index (χ1v) is 5.79. The summed E-state index contributed by atoms with van der Waals surface area (Å²) < 4.78 is 0. The Balaban J connectivity index is 3.23. The van der Waals surface area contributed by atoms with Gasteiger partial charge in [0.15, 0.2) is 5.78 Å². The highest BCUT2D eigenvalue weighted by Crippen LogP contribution is 2.28. The molecule has 0 saturated carbocycles. The summed E-state index contributed by atoms with van der Waals surface area (Å²) >= 11 is 0. The molecule has 6 heteroatoms. The standard InChI is InChI=1S/C13H16N2O4/c1-13(2,6-11(16)17)12(18)10-5-9(15-19)4-3-8(10)7-14/h3-5H,6-7,14H2,1-2H3,(H,16,17)/p+1. The third-order valence-electron chi connectivity index (χ3n) is 2.90. The molecule has 0 aliphatic rings. The van der Waals surface area contributed by atoms with Gasteiger partial charge in [0.05, 0.1) is 6.42 Å². The predicted molar refractivity (Wildman–Crippen MR) is 68.7 cm³/mol. The molecule has 0 saturated heterocycles. The van der Waals surface area contributed by atoms with E-state index >= 15 is 0 Å². The van der Waals surface area contributed by atoms with E-state index in [1.165, 1.54) is 12.1 Å². The number of hydrogen-bond acceptors (Lipinski definition) is 4. The normalized spacial score (nSPS) is 11.1. The number of carboxylic acid groups (broad SMARTS) is 1. The summed E-state index contributed by atoms with van der Waals surface area (Å²) in [6.07, 6.45) is -0.287. The molecule has 1 rings (SSSR count). The van der Waals surface area contributed by atoms with Gasteiger partial charge in [-0.05, 0) is 5.56 Å². The van der Waals surface area contributed by atoms with Gasteiger partial charge in [-0.2, -0.15) is 0 Å². The van der Waals surface area contributed by atoms with Crippen molar-refractivity contribution in [2.45, 2.75) is 26.8 Å². The van der Waals surface area contributed by atoms with Crippen LogP contribution in [0.3, 0.4) is 0 Å². The van der Waals surface area contributed by atoms with Crippen molar-refractivity contribution in [3.8, 4) is 0 Å². The quantitative estimate of drug-likeness (QED) is 0.641. The van der Waals surface area contributed by atoms with Gasteiger partial charge < -0.3 is 10.8 Å². The molecule has 0 radical (unpaired) electrons. The Morgan fingerprint density at radius 3 is 2.47 bits per heavy atom. The lowest BCUT2D eigenvalue weighted by molar-refractivity contribution is -0.379. The van der Waals surface area contributed by atoms with Gasteiger partial charge in [0.2, 0.25) is 0 Å². The number of carbonyl (C=O) groups is 2. The van der Waals surface area contributed by atoms with Gasteiger partial charge in [0.1, 0.15) is 0 Å². The van der Waals surface area contributed by atoms with E-state index < -0.39 is 11.4 Å². The Morgan fingerprint density at radius 2 is 2.00 bits per heavy atom. The molecule has 1 aromatic rings. The Labute approximate surface area is 110 Å². The van der Waals surface area contributed by atoms with Crippen molar-refractivity contribution in [3.63, 3.8) is 0 Å². The molecule has 0 aliphatic carbocycles. The van der Waals surface area contributed by atoms with E-state index in [-0.39, 0.29) is 30.0 Å². The van der Waals surface area contributed by atoms with Crippen LogP contribution in [0.4, 0.5) is 5.69 Å². The highest BCUT2D eigenvalue weighted by atomic mass is 16.4. The third kappa shape index (κ3) is 3.45. The molecule has 6 nitrogen and oxygen atoms in total. The Kier molecular flexibility index (Phi) is 4.50. The van der Waals surface area contributed by atoms with Crippen molar-refractivity contribution in [1.82, 2.24) is 0 Å². The summed E-state index contributed by atoms with van der Waals surface area (Å²) in [7, 11) is 0. The van der Waals surface area contributed by atoms with E-state index in [4.69, 9.17) is 10.8 Å². The number of carboxylic acids is 1. The second kappa shape index (κ2) is 5.71. The molecule has 19 heavy (non-hydrogen) atoms. The van der Waals surface area contributed by atoms with Crippen LogP contribution in [0.1, 0.15) is 36.2 Å². The van der Waals surface area contributed by atoms with E-state index in [0.717, 1.165) is 0 Å². The fourth-order valence-electron chi connectivity index (χ4n) is 1.85. The number of carbonyl (C=O) groups excluding carboxylic acids is 1. The maximum absolute atomic E-state index is 12.4. The summed E-state index contributed by atoms with van der Waals surface area (Å²) in [5.74, 6) is -1.39. The lowest BCUT2D eigenvalue weighted by Crippen LogP contribution is -2.55. The third-order valence-corrected chi connectivity index (χ3v) is 2.90. The van der Waals surface area contributed by atoms with Crippen LogP contribution in [0.2, 0.25) is 0 Å². The second-order valence-electron chi connectivity index (χ2n) is 4.96. The van der Waals surface area contributed by atoms with Gasteiger partial charge in [-0.1, -0.05) is 19.9 Å². The number of aliphatic carboxylic acids is 1. The Bertz CT molecular complexity index is 523. The van der Waals surface area contributed by atoms with Crippen molar-refractivity contribution < 1.29 is 19.9 Å². The lowest BCUT2D eigenvalue weighted by Gasteiger charge is -2.21. The van der Waals surface area contributed by atoms with Crippen LogP contribution in [-0.2, 0) is 11.3 Å². The van der Waals surface area contributed by atoms with Gasteiger partial charge >= 0.3 is 5.97 Å². The Hall–Kier alpha value is -2.08. The van der Waals surface area contributed by atoms with Crippen LogP contribution < -0.4 is 10.9 Å². The minimum absolute atomic E-state index is 0.142. The van der Waals surface area contributed by atoms with Gasteiger partial charge in [-0.15, -0.1) is 0 Å². The van der Waals surface area contributed by atoms with Crippen molar-refractivity contribution in [1.29, 1.82) is 0 Å². The zero-order valence-corrected chi connectivity index (χ0v) is 10.9. The van der Waals surface area contributed by atoms with E-state index in [0.29, 0.717) is 5.56 Å². The van der Waals surface area contributed by atoms with E-state index in [1.807, 2.05) is 0 Å². The molecule has 0 bridgehead atoms. The zero-order chi connectivity index (χ0) is 14.6. The molecule has 0 spiro atoms.